The van der Waals surface area contributed by atoms with E-state index in [0.29, 0.717) is 6.42 Å². The van der Waals surface area contributed by atoms with Crippen LogP contribution in [0.1, 0.15) is 58.6 Å². The highest BCUT2D eigenvalue weighted by atomic mass is 35.5. The number of halogens is 1. The minimum atomic E-state index is -0.827. The second kappa shape index (κ2) is 6.88. The lowest BCUT2D eigenvalue weighted by atomic mass is 9.88. The lowest BCUT2D eigenvalue weighted by Gasteiger charge is -2.39. The fourth-order valence-corrected chi connectivity index (χ4v) is 2.89. The van der Waals surface area contributed by atoms with E-state index in [1.807, 2.05) is 45.0 Å². The van der Waals surface area contributed by atoms with Crippen LogP contribution in [-0.2, 0) is 4.79 Å². The van der Waals surface area contributed by atoms with Crippen molar-refractivity contribution in [1.82, 2.24) is 5.32 Å². The fraction of sp³-hybridized carbons (Fsp3) is 0.588. The SMILES string of the molecule is CCCC(C)(N)C(=O)NC1CC(C)(C)Oc2ccccc21.Cl. The average molecular weight is 327 g/mol. The van der Waals surface area contributed by atoms with E-state index in [9.17, 15) is 4.79 Å². The monoisotopic (exact) mass is 326 g/mol. The van der Waals surface area contributed by atoms with Gasteiger partial charge < -0.3 is 15.8 Å². The fourth-order valence-electron chi connectivity index (χ4n) is 2.89. The summed E-state index contributed by atoms with van der Waals surface area (Å²) in [5.74, 6) is 0.745. The largest absolute Gasteiger partial charge is 0.487 e. The first kappa shape index (κ1) is 18.8. The number of benzene rings is 1. The molecule has 2 unspecified atom stereocenters. The molecule has 2 rings (SSSR count). The lowest BCUT2D eigenvalue weighted by molar-refractivity contribution is -0.127. The Bertz CT molecular complexity index is 529. The van der Waals surface area contributed by atoms with E-state index in [0.717, 1.165) is 24.2 Å². The Labute approximate surface area is 139 Å². The Kier molecular flexibility index (Phi) is 5.88. The summed E-state index contributed by atoms with van der Waals surface area (Å²) in [6.45, 7) is 7.90. The van der Waals surface area contributed by atoms with Gasteiger partial charge in [-0.05, 0) is 33.3 Å². The van der Waals surface area contributed by atoms with Crippen LogP contribution in [0.15, 0.2) is 24.3 Å². The number of nitrogens with two attached hydrogens (primary N) is 1. The minimum absolute atomic E-state index is 0. The van der Waals surface area contributed by atoms with Crippen LogP contribution >= 0.6 is 12.4 Å². The normalized spacial score (nSPS) is 21.6. The predicted molar refractivity (Wildman–Crippen MR) is 91.4 cm³/mol. The van der Waals surface area contributed by atoms with Gasteiger partial charge in [0.25, 0.3) is 0 Å². The molecule has 4 nitrogen and oxygen atoms in total. The van der Waals surface area contributed by atoms with Gasteiger partial charge in [0.05, 0.1) is 11.6 Å². The number of amides is 1. The molecular formula is C17H27ClN2O2. The van der Waals surface area contributed by atoms with Gasteiger partial charge >= 0.3 is 0 Å². The third-order valence-corrected chi connectivity index (χ3v) is 3.97. The molecule has 1 aromatic carbocycles. The standard InChI is InChI=1S/C17H26N2O2.ClH/c1-5-10-17(4,18)15(20)19-13-11-16(2,3)21-14-9-7-6-8-12(13)14;/h6-9,13H,5,10-11,18H2,1-4H3,(H,19,20);1H. The van der Waals surface area contributed by atoms with Gasteiger partial charge in [-0.3, -0.25) is 4.79 Å². The number of hydrogen-bond acceptors (Lipinski definition) is 3. The first-order valence-corrected chi connectivity index (χ1v) is 7.63. The molecule has 0 saturated carbocycles. The molecule has 5 heteroatoms. The van der Waals surface area contributed by atoms with Crippen LogP contribution in [-0.4, -0.2) is 17.0 Å². The predicted octanol–water partition coefficient (Wildman–Crippen LogP) is 3.34. The van der Waals surface area contributed by atoms with Crippen LogP contribution < -0.4 is 15.8 Å². The van der Waals surface area contributed by atoms with E-state index in [4.69, 9.17) is 10.5 Å². The molecule has 0 saturated heterocycles. The highest BCUT2D eigenvalue weighted by Gasteiger charge is 2.37. The van der Waals surface area contributed by atoms with Gasteiger partial charge in [0.2, 0.25) is 5.91 Å². The van der Waals surface area contributed by atoms with Gasteiger partial charge in [-0.25, -0.2) is 0 Å². The van der Waals surface area contributed by atoms with Crippen molar-refractivity contribution in [3.63, 3.8) is 0 Å². The Morgan fingerprint density at radius 2 is 2.09 bits per heavy atom. The number of carbonyl (C=O) groups is 1. The maximum atomic E-state index is 12.5. The summed E-state index contributed by atoms with van der Waals surface area (Å²) in [6, 6.07) is 7.81. The summed E-state index contributed by atoms with van der Waals surface area (Å²) in [7, 11) is 0. The third kappa shape index (κ3) is 4.14. The highest BCUT2D eigenvalue weighted by molar-refractivity contribution is 5.86. The van der Waals surface area contributed by atoms with Crippen LogP contribution in [0.4, 0.5) is 0 Å². The van der Waals surface area contributed by atoms with E-state index in [1.54, 1.807) is 6.92 Å². The summed E-state index contributed by atoms with van der Waals surface area (Å²) in [5, 5.41) is 3.11. The zero-order valence-electron chi connectivity index (χ0n) is 13.8. The van der Waals surface area contributed by atoms with Crippen molar-refractivity contribution in [2.75, 3.05) is 0 Å². The second-order valence-corrected chi connectivity index (χ2v) is 6.80. The molecule has 0 fully saturated rings. The summed E-state index contributed by atoms with van der Waals surface area (Å²) in [5.41, 5.74) is 6.03. The number of hydrogen-bond donors (Lipinski definition) is 2. The number of para-hydroxylation sites is 1. The molecule has 0 spiro atoms. The number of nitrogens with one attached hydrogen (secondary N) is 1. The Morgan fingerprint density at radius 1 is 1.45 bits per heavy atom. The molecule has 2 atom stereocenters. The molecule has 22 heavy (non-hydrogen) atoms. The molecule has 0 aliphatic carbocycles. The molecule has 1 aliphatic heterocycles. The van der Waals surface area contributed by atoms with E-state index >= 15 is 0 Å². The molecule has 0 radical (unpaired) electrons. The van der Waals surface area contributed by atoms with Crippen molar-refractivity contribution in [2.45, 2.75) is 64.1 Å². The van der Waals surface area contributed by atoms with Gasteiger partial charge in [0.1, 0.15) is 11.4 Å². The number of carbonyl (C=O) groups excluding carboxylic acids is 1. The van der Waals surface area contributed by atoms with Gasteiger partial charge in [-0.15, -0.1) is 12.4 Å². The molecule has 1 heterocycles. The minimum Gasteiger partial charge on any atom is -0.487 e. The van der Waals surface area contributed by atoms with Crippen LogP contribution in [0.2, 0.25) is 0 Å². The van der Waals surface area contributed by atoms with Crippen molar-refractivity contribution in [3.8, 4) is 5.75 Å². The molecule has 1 aliphatic rings. The topological polar surface area (TPSA) is 64.4 Å². The van der Waals surface area contributed by atoms with Crippen molar-refractivity contribution in [3.05, 3.63) is 29.8 Å². The molecule has 3 N–H and O–H groups in total. The Hall–Kier alpha value is -1.26. The molecule has 0 bridgehead atoms. The maximum Gasteiger partial charge on any atom is 0.240 e. The van der Waals surface area contributed by atoms with Crippen molar-refractivity contribution >= 4 is 18.3 Å². The zero-order chi connectivity index (χ0) is 15.7. The van der Waals surface area contributed by atoms with Gasteiger partial charge in [0, 0.05) is 12.0 Å². The molecular weight excluding hydrogens is 300 g/mol. The molecule has 1 aromatic rings. The number of fused-ring (bicyclic) bond motifs is 1. The Morgan fingerprint density at radius 3 is 2.73 bits per heavy atom. The number of rotatable bonds is 4. The first-order chi connectivity index (χ1) is 9.75. The molecule has 1 amide bonds. The maximum absolute atomic E-state index is 12.5. The van der Waals surface area contributed by atoms with Crippen LogP contribution in [0.25, 0.3) is 0 Å². The highest BCUT2D eigenvalue weighted by Crippen LogP contribution is 2.39. The van der Waals surface area contributed by atoms with Crippen molar-refractivity contribution in [1.29, 1.82) is 0 Å². The zero-order valence-corrected chi connectivity index (χ0v) is 14.6. The first-order valence-electron chi connectivity index (χ1n) is 7.63. The third-order valence-electron chi connectivity index (χ3n) is 3.97. The van der Waals surface area contributed by atoms with Crippen LogP contribution in [0.3, 0.4) is 0 Å². The smallest absolute Gasteiger partial charge is 0.240 e. The lowest BCUT2D eigenvalue weighted by Crippen LogP contribution is -2.53. The van der Waals surface area contributed by atoms with Crippen LogP contribution in [0, 0.1) is 0 Å². The number of ether oxygens (including phenoxy) is 1. The van der Waals surface area contributed by atoms with Gasteiger partial charge in [0.15, 0.2) is 0 Å². The Balaban J connectivity index is 0.00000242. The van der Waals surface area contributed by atoms with E-state index in [2.05, 4.69) is 5.32 Å². The molecule has 0 aromatic heterocycles. The van der Waals surface area contributed by atoms with Gasteiger partial charge in [-0.1, -0.05) is 31.5 Å². The summed E-state index contributed by atoms with van der Waals surface area (Å²) >= 11 is 0. The summed E-state index contributed by atoms with van der Waals surface area (Å²) in [6.07, 6.45) is 2.29. The van der Waals surface area contributed by atoms with Crippen molar-refractivity contribution in [2.24, 2.45) is 5.73 Å². The average Bonchev–Trinajstić information content (AvgIpc) is 2.37. The van der Waals surface area contributed by atoms with E-state index < -0.39 is 5.54 Å². The summed E-state index contributed by atoms with van der Waals surface area (Å²) < 4.78 is 5.98. The van der Waals surface area contributed by atoms with Gasteiger partial charge in [-0.2, -0.15) is 0 Å². The molecule has 124 valence electrons. The summed E-state index contributed by atoms with van der Waals surface area (Å²) in [4.78, 5) is 12.5. The van der Waals surface area contributed by atoms with Crippen molar-refractivity contribution < 1.29 is 9.53 Å². The van der Waals surface area contributed by atoms with Crippen LogP contribution in [0.5, 0.6) is 5.75 Å². The quantitative estimate of drug-likeness (QED) is 0.891. The van der Waals surface area contributed by atoms with E-state index in [1.165, 1.54) is 0 Å². The second-order valence-electron chi connectivity index (χ2n) is 6.80. The van der Waals surface area contributed by atoms with E-state index in [-0.39, 0.29) is 30.0 Å².